The van der Waals surface area contributed by atoms with E-state index in [9.17, 15) is 38.8 Å². The van der Waals surface area contributed by atoms with E-state index in [4.69, 9.17) is 33.5 Å². The summed E-state index contributed by atoms with van der Waals surface area (Å²) < 4.78 is 0. The van der Waals surface area contributed by atoms with Gasteiger partial charge >= 0.3 is 0 Å². The quantitative estimate of drug-likeness (QED) is 0.171. The van der Waals surface area contributed by atoms with Crippen molar-refractivity contribution in [3.8, 4) is 18.2 Å². The summed E-state index contributed by atoms with van der Waals surface area (Å²) in [6, 6.07) is 10.3. The Morgan fingerprint density at radius 1 is 0.597 bits per heavy atom. The van der Waals surface area contributed by atoms with Crippen molar-refractivity contribution in [2.45, 2.75) is 136 Å². The summed E-state index contributed by atoms with van der Waals surface area (Å²) in [5.41, 5.74) is 24.7. The van der Waals surface area contributed by atoms with Crippen LogP contribution in [0.4, 0.5) is 5.69 Å². The minimum absolute atomic E-state index is 0.00989. The van der Waals surface area contributed by atoms with Crippen molar-refractivity contribution >= 4 is 47.0 Å². The van der Waals surface area contributed by atoms with Gasteiger partial charge in [0.05, 0.1) is 60.5 Å². The maximum Gasteiger partial charge on any atom is 0.248 e. The lowest BCUT2D eigenvalue weighted by atomic mass is 10.1. The lowest BCUT2D eigenvalue weighted by molar-refractivity contribution is -0.138. The van der Waals surface area contributed by atoms with Crippen LogP contribution in [0.3, 0.4) is 0 Å². The molecular weight excluding hydrogens is 925 g/mol. The van der Waals surface area contributed by atoms with E-state index in [-0.39, 0.29) is 95.9 Å². The third-order valence-electron chi connectivity index (χ3n) is 16.9. The molecule has 14 atom stereocenters. The average molecular weight is 991 g/mol. The zero-order chi connectivity index (χ0) is 51.4. The summed E-state index contributed by atoms with van der Waals surface area (Å²) in [4.78, 5) is 102. The molecule has 9 heterocycles. The topological polar surface area (TPSA) is 324 Å². The fraction of sp³-hybridized carbons (Fsp3) is 0.673. The first-order valence-electron chi connectivity index (χ1n) is 25.3. The van der Waals surface area contributed by atoms with Crippen molar-refractivity contribution in [2.24, 2.45) is 28.9 Å². The van der Waals surface area contributed by atoms with Gasteiger partial charge < -0.3 is 52.3 Å². The molecule has 8 N–H and O–H groups in total. The van der Waals surface area contributed by atoms with E-state index in [1.165, 1.54) is 0 Å². The van der Waals surface area contributed by atoms with Crippen molar-refractivity contribution in [2.75, 3.05) is 71.4 Å². The largest absolute Gasteiger partial charge is 0.366 e. The molecule has 7 amide bonds. The third-order valence-corrected chi connectivity index (χ3v) is 16.9. The number of carbonyl (C=O) groups excluding carboxylic acids is 7. The lowest BCUT2D eigenvalue weighted by Crippen LogP contribution is -2.57. The van der Waals surface area contributed by atoms with Gasteiger partial charge in [-0.3, -0.25) is 48.3 Å². The second kappa shape index (κ2) is 20.3. The zero-order valence-corrected chi connectivity index (χ0v) is 40.9. The Morgan fingerprint density at radius 3 is 1.44 bits per heavy atom. The van der Waals surface area contributed by atoms with Gasteiger partial charge in [0, 0.05) is 95.8 Å². The van der Waals surface area contributed by atoms with E-state index in [2.05, 4.69) is 18.2 Å². The van der Waals surface area contributed by atoms with Crippen LogP contribution < -0.4 is 27.8 Å². The summed E-state index contributed by atoms with van der Waals surface area (Å²) >= 11 is 0. The highest BCUT2D eigenvalue weighted by Gasteiger charge is 2.56. The maximum absolute atomic E-state index is 13.0. The van der Waals surface area contributed by atoms with Crippen LogP contribution in [0.1, 0.15) is 68.1 Å². The number of fused-ring (bicyclic) bond motifs is 7. The Balaban J connectivity index is 0.000000137. The minimum atomic E-state index is -0.740. The Bertz CT molecular complexity index is 2380. The molecule has 72 heavy (non-hydrogen) atoms. The van der Waals surface area contributed by atoms with Crippen LogP contribution in [0.5, 0.6) is 0 Å². The predicted octanol–water partition coefficient (Wildman–Crippen LogP) is -3.10. The molecule has 23 heteroatoms. The molecule has 3 unspecified atom stereocenters. The molecule has 1 aromatic carbocycles. The van der Waals surface area contributed by atoms with Gasteiger partial charge in [-0.05, 0) is 88.0 Å². The molecule has 9 aliphatic heterocycles. The number of piperazine rings is 3. The van der Waals surface area contributed by atoms with Gasteiger partial charge in [0.15, 0.2) is 0 Å². The zero-order valence-electron chi connectivity index (χ0n) is 40.9. The number of piperidine rings is 1. The molecule has 9 saturated heterocycles. The number of nitrogens with two attached hydrogens (primary N) is 4. The Kier molecular flexibility index (Phi) is 14.3. The van der Waals surface area contributed by atoms with E-state index in [1.54, 1.807) is 53.7 Å². The smallest absolute Gasteiger partial charge is 0.248 e. The summed E-state index contributed by atoms with van der Waals surface area (Å²) in [7, 11) is 3.66. The second-order valence-electron chi connectivity index (χ2n) is 21.2. The molecular formula is C49H66N16O7. The molecule has 23 nitrogen and oxygen atoms in total. The number of hydrogen-bond acceptors (Lipinski definition) is 16. The van der Waals surface area contributed by atoms with Gasteiger partial charge in [0.25, 0.3) is 0 Å². The first-order valence-corrected chi connectivity index (χ1v) is 25.3. The van der Waals surface area contributed by atoms with E-state index in [1.807, 2.05) is 28.8 Å². The van der Waals surface area contributed by atoms with Crippen LogP contribution in [0.25, 0.3) is 0 Å². The van der Waals surface area contributed by atoms with Crippen molar-refractivity contribution in [1.82, 2.24) is 39.2 Å². The monoisotopic (exact) mass is 991 g/mol. The van der Waals surface area contributed by atoms with Gasteiger partial charge in [-0.15, -0.1) is 0 Å². The number of hydrogen-bond donors (Lipinski definition) is 4. The molecule has 0 radical (unpaired) electrons. The molecule has 0 spiro atoms. The van der Waals surface area contributed by atoms with Gasteiger partial charge in [-0.25, -0.2) is 0 Å². The minimum Gasteiger partial charge on any atom is -0.366 e. The maximum atomic E-state index is 13.0. The summed E-state index contributed by atoms with van der Waals surface area (Å²) in [5.74, 6) is -0.328. The van der Waals surface area contributed by atoms with Crippen molar-refractivity contribution in [1.29, 1.82) is 15.8 Å². The summed E-state index contributed by atoms with van der Waals surface area (Å²) in [6.45, 7) is 4.54. The van der Waals surface area contributed by atoms with Gasteiger partial charge in [-0.1, -0.05) is 0 Å². The summed E-state index contributed by atoms with van der Waals surface area (Å²) in [5, 5.41) is 27.4. The highest BCUT2D eigenvalue weighted by Crippen LogP contribution is 2.48. The number of anilines is 1. The van der Waals surface area contributed by atoms with Crippen LogP contribution in [0, 0.1) is 39.9 Å². The molecule has 11 rings (SSSR count). The standard InChI is InChI=1S/C21H24N6O3.2C14H21N5O2/c22-8-14-5-12-6-17(12)27(14)20(29)16(23)10-25-9-15-7-18(25)21(30)26(15)13-3-1-11(2-4-13)19(24)28;2*1-17-10-5-12(14(17)21)18(7-10)8-11(16)13(20)19-4-2-3-9(19)6-15/h1-4,12,14-18H,5-7,9-10,23H2,(H2,24,28);2*9-12H,2-5,7-8,16H2,1H3/t12-,14+,15?,16+,17+,18+;2*9-,10?,11-,12-/m100/s1. The third kappa shape index (κ3) is 9.36. The average Bonchev–Trinajstić information content (AvgIpc) is 4.21. The Morgan fingerprint density at radius 2 is 1.03 bits per heavy atom. The Hall–Kier alpha value is -6.26. The summed E-state index contributed by atoms with van der Waals surface area (Å²) in [6.07, 6.45) is 7.24. The number of likely N-dealkylation sites (N-methyl/N-ethyl adjacent to an activating group) is 2. The molecule has 10 fully saturated rings. The van der Waals surface area contributed by atoms with E-state index < -0.39 is 24.0 Å². The first kappa shape index (κ1) is 50.7. The fourth-order valence-electron chi connectivity index (χ4n) is 12.9. The van der Waals surface area contributed by atoms with Crippen LogP contribution in [-0.2, 0) is 28.8 Å². The van der Waals surface area contributed by atoms with E-state index in [0.29, 0.717) is 57.2 Å². The number of likely N-dealkylation sites (tertiary alicyclic amines) is 8. The molecule has 1 saturated carbocycles. The fourth-order valence-corrected chi connectivity index (χ4v) is 12.9. The van der Waals surface area contributed by atoms with Gasteiger partial charge in [0.2, 0.25) is 41.4 Å². The molecule has 6 bridgehead atoms. The highest BCUT2D eigenvalue weighted by atomic mass is 16.2. The molecule has 384 valence electrons. The lowest BCUT2D eigenvalue weighted by Gasteiger charge is -2.35. The van der Waals surface area contributed by atoms with Crippen molar-refractivity contribution < 1.29 is 33.6 Å². The van der Waals surface area contributed by atoms with Crippen molar-refractivity contribution in [3.63, 3.8) is 0 Å². The number of benzene rings is 1. The SMILES string of the molecule is CN1C(=O)[C@@H]2CC1CN2C[C@H](N)C(=O)N1CCC[C@H]1C#N.CN1C(=O)[C@@H]2CC1CN2C[C@H](N)C(=O)N1CCC[C@H]1C#N.N#C[C@@H]1C[C@@H]2C[C@@H]2N1C(=O)[C@@H](N)CN1CC2C[C@H]1C(=O)N2c1ccc(C(N)=O)cc1. The van der Waals surface area contributed by atoms with Crippen LogP contribution in [0.15, 0.2) is 24.3 Å². The first-order chi connectivity index (χ1) is 34.4. The molecule has 1 aliphatic carbocycles. The predicted molar refractivity (Wildman–Crippen MR) is 257 cm³/mol. The second-order valence-corrected chi connectivity index (χ2v) is 21.2. The highest BCUT2D eigenvalue weighted by molar-refractivity contribution is 6.02. The van der Waals surface area contributed by atoms with Gasteiger partial charge in [0.1, 0.15) is 18.1 Å². The van der Waals surface area contributed by atoms with E-state index >= 15 is 0 Å². The van der Waals surface area contributed by atoms with Crippen LogP contribution in [-0.4, -0.2) is 226 Å². The van der Waals surface area contributed by atoms with Crippen LogP contribution in [0.2, 0.25) is 0 Å². The number of nitriles is 3. The molecule has 10 aliphatic rings. The molecule has 0 aromatic heterocycles. The van der Waals surface area contributed by atoms with Crippen LogP contribution >= 0.6 is 0 Å². The number of amides is 7. The number of carbonyl (C=O) groups is 7. The van der Waals surface area contributed by atoms with E-state index in [0.717, 1.165) is 70.1 Å². The van der Waals surface area contributed by atoms with Crippen molar-refractivity contribution in [3.05, 3.63) is 29.8 Å². The number of nitrogens with zero attached hydrogens (tertiary/aromatic N) is 12. The number of rotatable bonds is 11. The van der Waals surface area contributed by atoms with Gasteiger partial charge in [-0.2, -0.15) is 15.8 Å². The molecule has 1 aromatic rings. The number of primary amides is 1. The normalized spacial score (nSPS) is 33.2. The Labute approximate surface area is 419 Å².